The molecule has 2 aromatic carbocycles. The van der Waals surface area contributed by atoms with Crippen LogP contribution in [0.4, 0.5) is 0 Å². The van der Waals surface area contributed by atoms with Crippen LogP contribution in [0.3, 0.4) is 0 Å². The zero-order chi connectivity index (χ0) is 22.7. The largest absolute Gasteiger partial charge is 0.507 e. The summed E-state index contributed by atoms with van der Waals surface area (Å²) in [6, 6.07) is 8.23. The summed E-state index contributed by atoms with van der Waals surface area (Å²) in [6.07, 6.45) is 6.68. The Morgan fingerprint density at radius 2 is 1.13 bits per heavy atom. The summed E-state index contributed by atoms with van der Waals surface area (Å²) in [5.41, 5.74) is 5.71. The Morgan fingerprint density at radius 1 is 0.742 bits per heavy atom. The maximum absolute atomic E-state index is 10.7. The Balaban J connectivity index is 1.82. The number of aliphatic imine (C=N–C) groups is 2. The molecule has 4 nitrogen and oxygen atoms in total. The van der Waals surface area contributed by atoms with Crippen molar-refractivity contribution in [3.8, 4) is 11.5 Å². The molecular formula is C27H36N2O2. The van der Waals surface area contributed by atoms with Crippen LogP contribution < -0.4 is 0 Å². The highest BCUT2D eigenvalue weighted by Gasteiger charge is 2.26. The lowest BCUT2D eigenvalue weighted by atomic mass is 9.97. The minimum absolute atomic E-state index is 0.0928. The van der Waals surface area contributed by atoms with Gasteiger partial charge in [-0.15, -0.1) is 0 Å². The van der Waals surface area contributed by atoms with E-state index < -0.39 is 0 Å². The Kier molecular flexibility index (Phi) is 7.19. The molecule has 0 aliphatic heterocycles. The molecule has 1 fully saturated rings. The van der Waals surface area contributed by atoms with Crippen LogP contribution in [-0.4, -0.2) is 34.7 Å². The minimum Gasteiger partial charge on any atom is -0.507 e. The predicted molar refractivity (Wildman–Crippen MR) is 130 cm³/mol. The summed E-state index contributed by atoms with van der Waals surface area (Å²) in [6.45, 7) is 12.4. The first-order valence-corrected chi connectivity index (χ1v) is 11.4. The van der Waals surface area contributed by atoms with E-state index in [-0.39, 0.29) is 23.9 Å². The molecule has 0 saturated heterocycles. The average Bonchev–Trinajstić information content (AvgIpc) is 3.15. The zero-order valence-corrected chi connectivity index (χ0v) is 19.7. The number of phenolic OH excluding ortho intramolecular Hbond substituents is 2. The topological polar surface area (TPSA) is 65.2 Å². The van der Waals surface area contributed by atoms with E-state index in [1.165, 1.54) is 0 Å². The summed E-state index contributed by atoms with van der Waals surface area (Å²) in [4.78, 5) is 9.63. The number of phenols is 2. The molecule has 31 heavy (non-hydrogen) atoms. The zero-order valence-electron chi connectivity index (χ0n) is 19.7. The molecule has 2 N–H and O–H groups in total. The second-order valence-corrected chi connectivity index (χ2v) is 9.52. The third kappa shape index (κ3) is 5.36. The molecular weight excluding hydrogens is 384 g/mol. The van der Waals surface area contributed by atoms with Crippen molar-refractivity contribution in [1.29, 1.82) is 0 Å². The summed E-state index contributed by atoms with van der Waals surface area (Å²) >= 11 is 0. The van der Waals surface area contributed by atoms with E-state index in [9.17, 15) is 10.2 Å². The van der Waals surface area contributed by atoms with Crippen molar-refractivity contribution in [2.75, 3.05) is 0 Å². The Bertz CT molecular complexity index is 910. The van der Waals surface area contributed by atoms with Crippen molar-refractivity contribution in [2.45, 2.75) is 84.7 Å². The van der Waals surface area contributed by atoms with Gasteiger partial charge in [0, 0.05) is 23.6 Å². The fourth-order valence-electron chi connectivity index (χ4n) is 4.37. The molecule has 0 heterocycles. The Morgan fingerprint density at radius 3 is 1.48 bits per heavy atom. The highest BCUT2D eigenvalue weighted by Crippen LogP contribution is 2.32. The van der Waals surface area contributed by atoms with Gasteiger partial charge >= 0.3 is 0 Å². The molecule has 0 spiro atoms. The van der Waals surface area contributed by atoms with Gasteiger partial charge in [0.15, 0.2) is 0 Å². The highest BCUT2D eigenvalue weighted by molar-refractivity contribution is 5.86. The van der Waals surface area contributed by atoms with Crippen molar-refractivity contribution in [3.05, 3.63) is 57.6 Å². The van der Waals surface area contributed by atoms with E-state index in [0.29, 0.717) is 11.5 Å². The molecule has 2 aromatic rings. The molecule has 1 aliphatic rings. The number of aryl methyl sites for hydroxylation is 2. The highest BCUT2D eigenvalue weighted by atomic mass is 16.3. The minimum atomic E-state index is 0.0928. The van der Waals surface area contributed by atoms with Crippen LogP contribution in [-0.2, 0) is 0 Å². The second-order valence-electron chi connectivity index (χ2n) is 9.52. The molecule has 4 heteroatoms. The van der Waals surface area contributed by atoms with Crippen molar-refractivity contribution >= 4 is 12.4 Å². The molecule has 0 aromatic heterocycles. The molecule has 2 unspecified atom stereocenters. The van der Waals surface area contributed by atoms with Crippen molar-refractivity contribution < 1.29 is 10.2 Å². The van der Waals surface area contributed by atoms with Gasteiger partial charge in [-0.1, -0.05) is 39.8 Å². The SMILES string of the molecule is Cc1cc(C=NC2CCCC2N=Cc2cc(C)cc(C(C)C)c2O)c(O)c(C(C)C)c1. The molecule has 166 valence electrons. The summed E-state index contributed by atoms with van der Waals surface area (Å²) in [5.74, 6) is 1.17. The Labute approximate surface area is 186 Å². The van der Waals surface area contributed by atoms with Gasteiger partial charge in [0.05, 0.1) is 12.1 Å². The van der Waals surface area contributed by atoms with E-state index >= 15 is 0 Å². The number of hydrogen-bond acceptors (Lipinski definition) is 4. The van der Waals surface area contributed by atoms with Gasteiger partial charge in [-0.2, -0.15) is 0 Å². The standard InChI is InChI=1S/C27H36N2O2/c1-16(2)22-12-18(5)10-20(26(22)30)14-28-24-8-7-9-25(24)29-15-21-11-19(6)13-23(17(3)4)27(21)31/h10-17,24-25,30-31H,7-9H2,1-6H3. The first-order chi connectivity index (χ1) is 14.7. The lowest BCUT2D eigenvalue weighted by Gasteiger charge is -2.15. The first kappa shape index (κ1) is 23.1. The van der Waals surface area contributed by atoms with E-state index in [1.807, 2.05) is 50.5 Å². The molecule has 1 saturated carbocycles. The molecule has 0 radical (unpaired) electrons. The lowest BCUT2D eigenvalue weighted by molar-refractivity contribution is 0.463. The normalized spacial score (nSPS) is 19.5. The van der Waals surface area contributed by atoms with E-state index in [0.717, 1.165) is 52.6 Å². The van der Waals surface area contributed by atoms with Crippen molar-refractivity contribution in [2.24, 2.45) is 9.98 Å². The van der Waals surface area contributed by atoms with Gasteiger partial charge in [0.1, 0.15) is 11.5 Å². The van der Waals surface area contributed by atoms with Crippen molar-refractivity contribution in [1.82, 2.24) is 0 Å². The van der Waals surface area contributed by atoms with Crippen LogP contribution in [0.2, 0.25) is 0 Å². The summed E-state index contributed by atoms with van der Waals surface area (Å²) in [5, 5.41) is 21.3. The van der Waals surface area contributed by atoms with Crippen LogP contribution in [0.25, 0.3) is 0 Å². The molecule has 3 rings (SSSR count). The van der Waals surface area contributed by atoms with Crippen LogP contribution >= 0.6 is 0 Å². The van der Waals surface area contributed by atoms with E-state index in [2.05, 4.69) is 27.7 Å². The van der Waals surface area contributed by atoms with Crippen LogP contribution in [0, 0.1) is 13.8 Å². The Hall–Kier alpha value is -2.62. The van der Waals surface area contributed by atoms with Crippen LogP contribution in [0.5, 0.6) is 11.5 Å². The molecule has 0 amide bonds. The fraction of sp³-hybridized carbons (Fsp3) is 0.481. The number of aromatic hydroxyl groups is 2. The summed E-state index contributed by atoms with van der Waals surface area (Å²) in [7, 11) is 0. The van der Waals surface area contributed by atoms with Crippen LogP contribution in [0.15, 0.2) is 34.3 Å². The van der Waals surface area contributed by atoms with E-state index in [4.69, 9.17) is 9.98 Å². The fourth-order valence-corrected chi connectivity index (χ4v) is 4.37. The molecule has 0 bridgehead atoms. The van der Waals surface area contributed by atoms with Crippen LogP contribution in [0.1, 0.15) is 92.2 Å². The molecule has 2 atom stereocenters. The van der Waals surface area contributed by atoms with Gasteiger partial charge in [0.2, 0.25) is 0 Å². The monoisotopic (exact) mass is 420 g/mol. The quantitative estimate of drug-likeness (QED) is 0.530. The van der Waals surface area contributed by atoms with E-state index in [1.54, 1.807) is 0 Å². The average molecular weight is 421 g/mol. The van der Waals surface area contributed by atoms with Gasteiger partial charge in [-0.25, -0.2) is 0 Å². The predicted octanol–water partition coefficient (Wildman–Crippen LogP) is 6.42. The number of benzene rings is 2. The molecule has 1 aliphatic carbocycles. The second kappa shape index (κ2) is 9.67. The number of rotatable bonds is 6. The third-order valence-corrected chi connectivity index (χ3v) is 6.12. The maximum atomic E-state index is 10.7. The maximum Gasteiger partial charge on any atom is 0.127 e. The number of nitrogens with zero attached hydrogens (tertiary/aromatic N) is 2. The van der Waals surface area contributed by atoms with Gasteiger partial charge in [-0.3, -0.25) is 9.98 Å². The summed E-state index contributed by atoms with van der Waals surface area (Å²) < 4.78 is 0. The first-order valence-electron chi connectivity index (χ1n) is 11.4. The smallest absolute Gasteiger partial charge is 0.127 e. The third-order valence-electron chi connectivity index (χ3n) is 6.12. The van der Waals surface area contributed by atoms with Crippen molar-refractivity contribution in [3.63, 3.8) is 0 Å². The van der Waals surface area contributed by atoms with Gasteiger partial charge in [-0.05, 0) is 79.3 Å². The van der Waals surface area contributed by atoms with Gasteiger partial charge < -0.3 is 10.2 Å². The van der Waals surface area contributed by atoms with Gasteiger partial charge in [0.25, 0.3) is 0 Å². The number of hydrogen-bond donors (Lipinski definition) is 2. The lowest BCUT2D eigenvalue weighted by Crippen LogP contribution is -2.16.